The first-order valence-corrected chi connectivity index (χ1v) is 10.5. The summed E-state index contributed by atoms with van der Waals surface area (Å²) in [5.74, 6) is 0.143. The molecule has 3 heterocycles. The lowest BCUT2D eigenvalue weighted by Gasteiger charge is -2.35. The molecule has 0 fully saturated rings. The average Bonchev–Trinajstić information content (AvgIpc) is 3.41. The summed E-state index contributed by atoms with van der Waals surface area (Å²) in [4.78, 5) is 15.1. The SMILES string of the molecule is NC1C(C(=O)NCc2ccco2)=C2Nc3ccccc3NC2N1CCc1ccccc1F. The highest BCUT2D eigenvalue weighted by Crippen LogP contribution is 2.37. The molecule has 164 valence electrons. The van der Waals surface area contributed by atoms with Gasteiger partial charge >= 0.3 is 0 Å². The highest BCUT2D eigenvalue weighted by molar-refractivity contribution is 5.97. The highest BCUT2D eigenvalue weighted by Gasteiger charge is 2.43. The first-order valence-electron chi connectivity index (χ1n) is 10.5. The minimum absolute atomic E-state index is 0.245. The number of nitrogens with zero attached hydrogens (tertiary/aromatic N) is 1. The number of carbonyl (C=O) groups excluding carboxylic acids is 1. The van der Waals surface area contributed by atoms with E-state index in [0.717, 1.165) is 11.4 Å². The van der Waals surface area contributed by atoms with Crippen molar-refractivity contribution in [1.82, 2.24) is 10.2 Å². The molecule has 2 aromatic carbocycles. The Bertz CT molecular complexity index is 1160. The number of para-hydroxylation sites is 2. The van der Waals surface area contributed by atoms with E-state index in [-0.39, 0.29) is 24.4 Å². The van der Waals surface area contributed by atoms with Gasteiger partial charge < -0.3 is 26.1 Å². The minimum Gasteiger partial charge on any atom is -0.467 e. The molecule has 7 nitrogen and oxygen atoms in total. The number of hydrogen-bond acceptors (Lipinski definition) is 6. The molecule has 0 saturated heterocycles. The second kappa shape index (κ2) is 8.49. The third-order valence-corrected chi connectivity index (χ3v) is 5.88. The van der Waals surface area contributed by atoms with Gasteiger partial charge in [-0.1, -0.05) is 30.3 Å². The van der Waals surface area contributed by atoms with Gasteiger partial charge in [0.25, 0.3) is 5.91 Å². The Labute approximate surface area is 185 Å². The molecule has 5 N–H and O–H groups in total. The van der Waals surface area contributed by atoms with Crippen molar-refractivity contribution in [3.05, 3.63) is 95.3 Å². The van der Waals surface area contributed by atoms with Gasteiger partial charge in [-0.3, -0.25) is 9.69 Å². The maximum atomic E-state index is 14.2. The molecule has 0 spiro atoms. The monoisotopic (exact) mass is 433 g/mol. The summed E-state index contributed by atoms with van der Waals surface area (Å²) in [7, 11) is 0. The van der Waals surface area contributed by atoms with Crippen molar-refractivity contribution in [3.63, 3.8) is 0 Å². The molecule has 32 heavy (non-hydrogen) atoms. The molecule has 0 aliphatic carbocycles. The van der Waals surface area contributed by atoms with E-state index in [9.17, 15) is 9.18 Å². The van der Waals surface area contributed by atoms with E-state index in [1.165, 1.54) is 6.07 Å². The fraction of sp³-hybridized carbons (Fsp3) is 0.208. The quantitative estimate of drug-likeness (QED) is 0.477. The second-order valence-electron chi connectivity index (χ2n) is 7.83. The lowest BCUT2D eigenvalue weighted by atomic mass is 10.1. The van der Waals surface area contributed by atoms with Crippen LogP contribution in [0.25, 0.3) is 0 Å². The van der Waals surface area contributed by atoms with Gasteiger partial charge in [0.15, 0.2) is 0 Å². The van der Waals surface area contributed by atoms with E-state index in [2.05, 4.69) is 16.0 Å². The Balaban J connectivity index is 1.41. The first kappa shape index (κ1) is 20.3. The largest absolute Gasteiger partial charge is 0.467 e. The third-order valence-electron chi connectivity index (χ3n) is 5.88. The van der Waals surface area contributed by atoms with Gasteiger partial charge in [0.05, 0.1) is 41.6 Å². The Morgan fingerprint density at radius 3 is 2.66 bits per heavy atom. The van der Waals surface area contributed by atoms with Gasteiger partial charge in [-0.05, 0) is 42.3 Å². The number of nitrogens with one attached hydrogen (secondary N) is 3. The van der Waals surface area contributed by atoms with Crippen molar-refractivity contribution in [2.75, 3.05) is 17.2 Å². The Morgan fingerprint density at radius 2 is 1.88 bits per heavy atom. The van der Waals surface area contributed by atoms with Gasteiger partial charge in [-0.15, -0.1) is 0 Å². The van der Waals surface area contributed by atoms with Crippen LogP contribution in [0.1, 0.15) is 11.3 Å². The van der Waals surface area contributed by atoms with Crippen LogP contribution in [0.3, 0.4) is 0 Å². The highest BCUT2D eigenvalue weighted by atomic mass is 19.1. The van der Waals surface area contributed by atoms with Crippen molar-refractivity contribution >= 4 is 17.3 Å². The number of nitrogens with two attached hydrogens (primary N) is 1. The summed E-state index contributed by atoms with van der Waals surface area (Å²) in [5, 5.41) is 9.76. The number of carbonyl (C=O) groups is 1. The normalized spacial score (nSPS) is 19.7. The van der Waals surface area contributed by atoms with E-state index in [0.29, 0.717) is 35.6 Å². The van der Waals surface area contributed by atoms with Crippen LogP contribution in [0.4, 0.5) is 15.8 Å². The number of hydrogen-bond donors (Lipinski definition) is 4. The van der Waals surface area contributed by atoms with Crippen LogP contribution < -0.4 is 21.7 Å². The van der Waals surface area contributed by atoms with Crippen LogP contribution in [-0.2, 0) is 17.8 Å². The van der Waals surface area contributed by atoms with E-state index >= 15 is 0 Å². The van der Waals surface area contributed by atoms with Gasteiger partial charge in [0, 0.05) is 6.54 Å². The number of anilines is 2. The maximum Gasteiger partial charge on any atom is 0.252 e. The summed E-state index contributed by atoms with van der Waals surface area (Å²) >= 11 is 0. The lowest BCUT2D eigenvalue weighted by molar-refractivity contribution is -0.118. The zero-order valence-corrected chi connectivity index (χ0v) is 17.3. The molecule has 5 rings (SSSR count). The molecule has 3 aromatic rings. The Morgan fingerprint density at radius 1 is 1.09 bits per heavy atom. The standard InChI is InChI=1S/C24H24FN5O2/c25-17-8-2-1-6-15(17)11-12-30-22(26)20(24(31)27-14-16-7-5-13-32-16)21-23(30)29-19-10-4-3-9-18(19)28-21/h1-10,13,22-23,28-29H,11-12,14,26H2,(H,27,31). The van der Waals surface area contributed by atoms with Crippen molar-refractivity contribution in [3.8, 4) is 0 Å². The van der Waals surface area contributed by atoms with E-state index in [1.54, 1.807) is 30.5 Å². The number of benzene rings is 2. The van der Waals surface area contributed by atoms with Gasteiger partial charge in [-0.2, -0.15) is 0 Å². The van der Waals surface area contributed by atoms with Crippen molar-refractivity contribution in [2.24, 2.45) is 5.73 Å². The van der Waals surface area contributed by atoms with Crippen molar-refractivity contribution < 1.29 is 13.6 Å². The van der Waals surface area contributed by atoms with Gasteiger partial charge in [0.2, 0.25) is 0 Å². The summed E-state index contributed by atoms with van der Waals surface area (Å²) < 4.78 is 19.5. The number of amides is 1. The first-order chi connectivity index (χ1) is 15.6. The smallest absolute Gasteiger partial charge is 0.252 e. The van der Waals surface area contributed by atoms with Crippen LogP contribution in [0.2, 0.25) is 0 Å². The fourth-order valence-electron chi connectivity index (χ4n) is 4.25. The molecule has 2 aliphatic rings. The molecular formula is C24H24FN5O2. The lowest BCUT2D eigenvalue weighted by Crippen LogP contribution is -2.50. The molecule has 0 radical (unpaired) electrons. The molecule has 2 unspecified atom stereocenters. The zero-order valence-electron chi connectivity index (χ0n) is 17.3. The summed E-state index contributed by atoms with van der Waals surface area (Å²) in [6, 6.07) is 18.1. The Hall–Kier alpha value is -3.62. The van der Waals surface area contributed by atoms with Crippen LogP contribution in [0.15, 0.2) is 82.6 Å². The summed E-state index contributed by atoms with van der Waals surface area (Å²) in [6.45, 7) is 0.737. The number of halogens is 1. The topological polar surface area (TPSA) is 95.6 Å². The molecule has 0 saturated carbocycles. The van der Waals surface area contributed by atoms with Crippen LogP contribution in [0, 0.1) is 5.82 Å². The molecule has 1 amide bonds. The van der Waals surface area contributed by atoms with Crippen LogP contribution in [-0.4, -0.2) is 29.7 Å². The third kappa shape index (κ3) is 3.74. The molecule has 1 aromatic heterocycles. The molecule has 2 atom stereocenters. The minimum atomic E-state index is -0.660. The number of rotatable bonds is 6. The van der Waals surface area contributed by atoms with Gasteiger partial charge in [-0.25, -0.2) is 4.39 Å². The average molecular weight is 433 g/mol. The number of furan rings is 1. The van der Waals surface area contributed by atoms with E-state index in [4.69, 9.17) is 10.2 Å². The van der Waals surface area contributed by atoms with E-state index in [1.807, 2.05) is 35.2 Å². The fourth-order valence-corrected chi connectivity index (χ4v) is 4.25. The molecule has 2 aliphatic heterocycles. The van der Waals surface area contributed by atoms with Crippen molar-refractivity contribution in [2.45, 2.75) is 25.3 Å². The zero-order chi connectivity index (χ0) is 22.1. The molecular weight excluding hydrogens is 409 g/mol. The molecule has 8 heteroatoms. The number of fused-ring (bicyclic) bond motifs is 2. The van der Waals surface area contributed by atoms with Crippen molar-refractivity contribution in [1.29, 1.82) is 0 Å². The predicted molar refractivity (Wildman–Crippen MR) is 120 cm³/mol. The maximum absolute atomic E-state index is 14.2. The van der Waals surface area contributed by atoms with Gasteiger partial charge in [0.1, 0.15) is 17.7 Å². The second-order valence-corrected chi connectivity index (χ2v) is 7.83. The molecule has 0 bridgehead atoms. The van der Waals surface area contributed by atoms with E-state index < -0.39 is 6.17 Å². The summed E-state index contributed by atoms with van der Waals surface area (Å²) in [6.07, 6.45) is 1.05. The van der Waals surface area contributed by atoms with Crippen LogP contribution >= 0.6 is 0 Å². The van der Waals surface area contributed by atoms with Crippen LogP contribution in [0.5, 0.6) is 0 Å². The Kier molecular flexibility index (Phi) is 5.38. The summed E-state index contributed by atoms with van der Waals surface area (Å²) in [5.41, 5.74) is 10.1. The predicted octanol–water partition coefficient (Wildman–Crippen LogP) is 3.00.